The van der Waals surface area contributed by atoms with Crippen molar-refractivity contribution in [2.45, 2.75) is 44.8 Å². The van der Waals surface area contributed by atoms with E-state index in [0.717, 1.165) is 5.56 Å². The molecule has 0 radical (unpaired) electrons. The van der Waals surface area contributed by atoms with Crippen LogP contribution in [0, 0.1) is 0 Å². The average Bonchev–Trinajstić information content (AvgIpc) is 3.13. The number of amides is 4. The number of carbonyl (C=O) groups is 4. The van der Waals surface area contributed by atoms with Crippen LogP contribution in [0.3, 0.4) is 0 Å². The second-order valence-corrected chi connectivity index (χ2v) is 12.5. The lowest BCUT2D eigenvalue weighted by molar-refractivity contribution is -0.137. The molecule has 0 saturated carbocycles. The Bertz CT molecular complexity index is 1810. The van der Waals surface area contributed by atoms with Crippen molar-refractivity contribution >= 4 is 35.2 Å². The highest BCUT2D eigenvalue weighted by Gasteiger charge is 2.31. The van der Waals surface area contributed by atoms with E-state index in [-0.39, 0.29) is 37.6 Å². The Balaban J connectivity index is 1.32. The van der Waals surface area contributed by atoms with Gasteiger partial charge in [0.05, 0.1) is 24.6 Å². The first-order chi connectivity index (χ1) is 24.7. The zero-order valence-electron chi connectivity index (χ0n) is 28.5. The number of halogens is 1. The van der Waals surface area contributed by atoms with Gasteiger partial charge in [0.1, 0.15) is 36.8 Å². The summed E-state index contributed by atoms with van der Waals surface area (Å²) in [6, 6.07) is 27.3. The number of hydrogen-bond acceptors (Lipinski definition) is 7. The molecule has 5 rings (SSSR count). The first-order valence-corrected chi connectivity index (χ1v) is 17.2. The molecule has 0 fully saturated rings. The van der Waals surface area contributed by atoms with Crippen LogP contribution in [0.4, 0.5) is 0 Å². The zero-order valence-corrected chi connectivity index (χ0v) is 29.2. The lowest BCUT2D eigenvalue weighted by atomic mass is 10.0. The predicted octanol–water partition coefficient (Wildman–Crippen LogP) is 5.17. The Morgan fingerprint density at radius 2 is 1.61 bits per heavy atom. The fraction of sp³-hybridized carbons (Fsp3) is 0.282. The number of nitrogens with one attached hydrogen (secondary N) is 3. The smallest absolute Gasteiger partial charge is 0.255 e. The Hall–Kier alpha value is -5.55. The fourth-order valence-electron chi connectivity index (χ4n) is 5.51. The molecule has 0 unspecified atom stereocenters. The van der Waals surface area contributed by atoms with Crippen LogP contribution in [-0.2, 0) is 20.8 Å². The monoisotopic (exact) mass is 712 g/mol. The van der Waals surface area contributed by atoms with Gasteiger partial charge in [0.15, 0.2) is 11.5 Å². The molecule has 0 spiro atoms. The van der Waals surface area contributed by atoms with E-state index in [0.29, 0.717) is 34.6 Å². The molecule has 0 aliphatic carbocycles. The first kappa shape index (κ1) is 36.7. The van der Waals surface area contributed by atoms with Crippen molar-refractivity contribution in [3.8, 4) is 23.0 Å². The molecule has 4 aromatic carbocycles. The van der Waals surface area contributed by atoms with Crippen molar-refractivity contribution in [2.75, 3.05) is 26.3 Å². The molecule has 4 amide bonds. The number of benzene rings is 4. The van der Waals surface area contributed by atoms with Gasteiger partial charge in [-0.2, -0.15) is 0 Å². The van der Waals surface area contributed by atoms with E-state index in [4.69, 9.17) is 25.8 Å². The third-order valence-electron chi connectivity index (χ3n) is 8.14. The molecule has 0 saturated heterocycles. The fourth-order valence-corrected chi connectivity index (χ4v) is 5.63. The van der Waals surface area contributed by atoms with Gasteiger partial charge in [0.25, 0.3) is 5.91 Å². The molecule has 3 atom stereocenters. The summed E-state index contributed by atoms with van der Waals surface area (Å²) in [6.45, 7) is 4.38. The zero-order chi connectivity index (χ0) is 36.2. The van der Waals surface area contributed by atoms with Gasteiger partial charge in [-0.15, -0.1) is 0 Å². The van der Waals surface area contributed by atoms with Crippen molar-refractivity contribution in [3.05, 3.63) is 119 Å². The molecule has 0 aromatic heterocycles. The number of ether oxygens (including phenoxy) is 3. The highest BCUT2D eigenvalue weighted by molar-refractivity contribution is 6.30. The lowest BCUT2D eigenvalue weighted by Gasteiger charge is -2.28. The standard InChI is InChI=1S/C39H41ClN4O7/c1-3-44-21-22-49-33-14-8-7-13-30(33)37(46)43-31(24-36(45)42-32(39(44)48)23-27-11-5-4-6-12-27)38(47)41-26(2)25-50-34-15-9-10-16-35(34)51-29-19-17-28(40)18-20-29/h4-20,26,31-32H,3,21-25H2,1-2H3,(H,41,47)(H,42,45)(H,43,46)/t26-,31+,32-/m1/s1. The molecular weight excluding hydrogens is 672 g/mol. The summed E-state index contributed by atoms with van der Waals surface area (Å²) in [5.41, 5.74) is 1.05. The Kier molecular flexibility index (Phi) is 12.9. The SMILES string of the molecule is CCN1CCOc2ccccc2C(=O)N[C@H](C(=O)N[C@H](C)COc2ccccc2Oc2ccc(Cl)cc2)CC(=O)N[C@H](Cc2ccccc2)C1=O. The largest absolute Gasteiger partial charge is 0.491 e. The Morgan fingerprint density at radius 3 is 2.35 bits per heavy atom. The minimum atomic E-state index is -1.29. The second kappa shape index (κ2) is 17.9. The quantitative estimate of drug-likeness (QED) is 0.207. The summed E-state index contributed by atoms with van der Waals surface area (Å²) in [4.78, 5) is 56.2. The minimum absolute atomic E-state index is 0.0524. The van der Waals surface area contributed by atoms with Gasteiger partial charge in [0.2, 0.25) is 17.7 Å². The molecule has 1 aliphatic rings. The van der Waals surface area contributed by atoms with Crippen LogP contribution in [0.1, 0.15) is 36.2 Å². The van der Waals surface area contributed by atoms with Gasteiger partial charge in [-0.1, -0.05) is 66.2 Å². The van der Waals surface area contributed by atoms with E-state index in [1.165, 1.54) is 0 Å². The Morgan fingerprint density at radius 1 is 0.922 bits per heavy atom. The topological polar surface area (TPSA) is 135 Å². The van der Waals surface area contributed by atoms with Crippen LogP contribution in [0.2, 0.25) is 5.02 Å². The molecule has 12 heteroatoms. The van der Waals surface area contributed by atoms with Crippen LogP contribution in [0.25, 0.3) is 0 Å². The molecular formula is C39H41ClN4O7. The summed E-state index contributed by atoms with van der Waals surface area (Å²) in [5, 5.41) is 8.98. The molecule has 0 bridgehead atoms. The molecule has 266 valence electrons. The number of likely N-dealkylation sites (N-methyl/N-ethyl adjacent to an activating group) is 1. The highest BCUT2D eigenvalue weighted by atomic mass is 35.5. The summed E-state index contributed by atoms with van der Waals surface area (Å²) in [5.74, 6) is -0.257. The van der Waals surface area contributed by atoms with Gasteiger partial charge in [-0.25, -0.2) is 0 Å². The van der Waals surface area contributed by atoms with Gasteiger partial charge in [0, 0.05) is 18.0 Å². The normalized spacial score (nSPS) is 17.5. The van der Waals surface area contributed by atoms with E-state index < -0.39 is 42.3 Å². The van der Waals surface area contributed by atoms with Crippen molar-refractivity contribution in [1.29, 1.82) is 0 Å². The van der Waals surface area contributed by atoms with E-state index in [9.17, 15) is 19.2 Å². The molecule has 51 heavy (non-hydrogen) atoms. The average molecular weight is 713 g/mol. The van der Waals surface area contributed by atoms with Gasteiger partial charge in [-0.3, -0.25) is 19.2 Å². The summed E-state index contributed by atoms with van der Waals surface area (Å²) in [7, 11) is 0. The number of rotatable bonds is 10. The first-order valence-electron chi connectivity index (χ1n) is 16.8. The lowest BCUT2D eigenvalue weighted by Crippen LogP contribution is -2.54. The molecule has 4 aromatic rings. The van der Waals surface area contributed by atoms with Crippen molar-refractivity contribution in [2.24, 2.45) is 0 Å². The van der Waals surface area contributed by atoms with Crippen molar-refractivity contribution < 1.29 is 33.4 Å². The van der Waals surface area contributed by atoms with E-state index in [1.54, 1.807) is 78.6 Å². The predicted molar refractivity (Wildman–Crippen MR) is 193 cm³/mol. The maximum Gasteiger partial charge on any atom is 0.255 e. The molecule has 1 aliphatic heterocycles. The van der Waals surface area contributed by atoms with E-state index >= 15 is 0 Å². The van der Waals surface area contributed by atoms with Gasteiger partial charge >= 0.3 is 0 Å². The van der Waals surface area contributed by atoms with E-state index in [2.05, 4.69) is 16.0 Å². The third kappa shape index (κ3) is 10.5. The number of carbonyl (C=O) groups excluding carboxylic acids is 4. The van der Waals surface area contributed by atoms with Gasteiger partial charge < -0.3 is 35.1 Å². The number of hydrogen-bond donors (Lipinski definition) is 3. The summed E-state index contributed by atoms with van der Waals surface area (Å²) >= 11 is 6.00. The molecule has 1 heterocycles. The maximum absolute atomic E-state index is 13.8. The third-order valence-corrected chi connectivity index (χ3v) is 8.39. The van der Waals surface area contributed by atoms with Gasteiger partial charge in [-0.05, 0) is 67.9 Å². The number of fused-ring (bicyclic) bond motifs is 1. The van der Waals surface area contributed by atoms with Crippen LogP contribution in [0.5, 0.6) is 23.0 Å². The molecule has 3 N–H and O–H groups in total. The number of nitrogens with zero attached hydrogens (tertiary/aromatic N) is 1. The minimum Gasteiger partial charge on any atom is -0.491 e. The molecule has 11 nitrogen and oxygen atoms in total. The van der Waals surface area contributed by atoms with Crippen LogP contribution in [0.15, 0.2) is 103 Å². The van der Waals surface area contributed by atoms with Crippen molar-refractivity contribution in [1.82, 2.24) is 20.9 Å². The van der Waals surface area contributed by atoms with E-state index in [1.807, 2.05) is 43.3 Å². The second-order valence-electron chi connectivity index (χ2n) is 12.0. The summed E-state index contributed by atoms with van der Waals surface area (Å²) in [6.07, 6.45) is -0.178. The van der Waals surface area contributed by atoms with Crippen LogP contribution in [-0.4, -0.2) is 73.0 Å². The maximum atomic E-state index is 13.8. The van der Waals surface area contributed by atoms with Crippen molar-refractivity contribution in [3.63, 3.8) is 0 Å². The van der Waals surface area contributed by atoms with Crippen LogP contribution < -0.4 is 30.2 Å². The highest BCUT2D eigenvalue weighted by Crippen LogP contribution is 2.32. The number of para-hydroxylation sites is 3. The Labute approximate surface area is 302 Å². The summed E-state index contributed by atoms with van der Waals surface area (Å²) < 4.78 is 18.0. The van der Waals surface area contributed by atoms with Crippen LogP contribution >= 0.6 is 11.6 Å².